The van der Waals surface area contributed by atoms with Crippen molar-refractivity contribution in [2.45, 2.75) is 44.0 Å². The summed E-state index contributed by atoms with van der Waals surface area (Å²) in [4.78, 5) is 38.1. The highest BCUT2D eigenvalue weighted by Gasteiger charge is 2.56. The van der Waals surface area contributed by atoms with Gasteiger partial charge >= 0.3 is 18.0 Å². The second kappa shape index (κ2) is 11.9. The summed E-state index contributed by atoms with van der Waals surface area (Å²) < 4.78 is 14.6. The van der Waals surface area contributed by atoms with Crippen molar-refractivity contribution in [1.82, 2.24) is 9.80 Å². The van der Waals surface area contributed by atoms with Gasteiger partial charge in [0.05, 0.1) is 26.3 Å². The first-order valence-corrected chi connectivity index (χ1v) is 13.2. The van der Waals surface area contributed by atoms with Crippen LogP contribution in [0.1, 0.15) is 37.5 Å². The fourth-order valence-corrected chi connectivity index (χ4v) is 4.88. The Kier molecular flexibility index (Phi) is 8.59. The number of methoxy groups -OCH3 is 2. The summed E-state index contributed by atoms with van der Waals surface area (Å²) >= 11 is 0. The molecule has 0 radical (unpaired) electrons. The Morgan fingerprint density at radius 1 is 0.650 bits per heavy atom. The molecule has 5 rings (SSSR count). The lowest BCUT2D eigenvalue weighted by molar-refractivity contribution is -0.141. The topological polar surface area (TPSA) is 84.9 Å². The normalized spacial score (nSPS) is 19.4. The summed E-state index contributed by atoms with van der Waals surface area (Å²) in [6.07, 6.45) is -0.465. The molecule has 3 unspecified atom stereocenters. The van der Waals surface area contributed by atoms with Crippen molar-refractivity contribution in [1.29, 1.82) is 0 Å². The third kappa shape index (κ3) is 6.18. The summed E-state index contributed by atoms with van der Waals surface area (Å²) in [5, 5.41) is 0. The lowest BCUT2D eigenvalue weighted by atomic mass is 9.76. The maximum Gasteiger partial charge on any atom is 0.411 e. The molecule has 2 fully saturated rings. The van der Waals surface area contributed by atoms with Gasteiger partial charge in [-0.05, 0) is 37.5 Å². The number of rotatable bonds is 6. The summed E-state index contributed by atoms with van der Waals surface area (Å²) in [7, 11) is 2.75. The van der Waals surface area contributed by atoms with E-state index in [1.54, 1.807) is 20.8 Å². The third-order valence-electron chi connectivity index (χ3n) is 6.80. The van der Waals surface area contributed by atoms with Crippen LogP contribution in [0.5, 0.6) is 0 Å². The highest BCUT2D eigenvalue weighted by molar-refractivity contribution is 5.86. The molecule has 8 heteroatoms. The maximum atomic E-state index is 12.3. The Labute approximate surface area is 235 Å². The lowest BCUT2D eigenvalue weighted by Gasteiger charge is -2.38. The SMILES string of the molecule is COC(=O)C1CN1C(=O)OC(C)(C)C.COC(=O)C1CN1C(c1ccccc1)(c1ccccc1)c1ccccc1. The van der Waals surface area contributed by atoms with E-state index in [4.69, 9.17) is 9.47 Å². The summed E-state index contributed by atoms with van der Waals surface area (Å²) in [6.45, 7) is 6.40. The van der Waals surface area contributed by atoms with E-state index in [0.717, 1.165) is 16.7 Å². The molecule has 2 heterocycles. The first-order chi connectivity index (χ1) is 19.1. The largest absolute Gasteiger partial charge is 0.468 e. The number of amides is 1. The van der Waals surface area contributed by atoms with Gasteiger partial charge < -0.3 is 14.2 Å². The standard InChI is InChI=1S/C23H21NO2.C9H15NO4/c1-26-22(25)21-17-24(21)23(18-11-5-2-6-12-18,19-13-7-3-8-14-19)20-15-9-4-10-16-20;1-9(2,3)14-8(12)10-5-6(10)7(11)13-4/h2-16,21H,17H2,1H3;6H,5H2,1-4H3. The Morgan fingerprint density at radius 3 is 1.43 bits per heavy atom. The molecule has 0 aliphatic carbocycles. The molecule has 8 nitrogen and oxygen atoms in total. The molecule has 3 aromatic rings. The van der Waals surface area contributed by atoms with E-state index in [0.29, 0.717) is 13.1 Å². The van der Waals surface area contributed by atoms with Gasteiger partial charge in [0.1, 0.15) is 11.6 Å². The second-order valence-corrected chi connectivity index (χ2v) is 10.7. The van der Waals surface area contributed by atoms with E-state index < -0.39 is 29.2 Å². The molecule has 0 saturated carbocycles. The van der Waals surface area contributed by atoms with Gasteiger partial charge in [0.25, 0.3) is 0 Å². The average Bonchev–Trinajstić information content (AvgIpc) is 3.89. The van der Waals surface area contributed by atoms with Crippen molar-refractivity contribution in [3.05, 3.63) is 108 Å². The van der Waals surface area contributed by atoms with Crippen LogP contribution in [0.15, 0.2) is 91.0 Å². The van der Waals surface area contributed by atoms with Crippen LogP contribution in [-0.4, -0.2) is 72.8 Å². The Morgan fingerprint density at radius 2 is 1.05 bits per heavy atom. The van der Waals surface area contributed by atoms with E-state index in [9.17, 15) is 14.4 Å². The minimum Gasteiger partial charge on any atom is -0.468 e. The molecule has 2 aliphatic rings. The number of nitrogens with zero attached hydrogens (tertiary/aromatic N) is 2. The smallest absolute Gasteiger partial charge is 0.411 e. The van der Waals surface area contributed by atoms with Crippen LogP contribution in [0.2, 0.25) is 0 Å². The first kappa shape index (κ1) is 28.8. The van der Waals surface area contributed by atoms with Crippen LogP contribution < -0.4 is 0 Å². The second-order valence-electron chi connectivity index (χ2n) is 10.7. The molecule has 2 aliphatic heterocycles. The van der Waals surface area contributed by atoms with Crippen molar-refractivity contribution < 1.29 is 28.6 Å². The van der Waals surface area contributed by atoms with Crippen LogP contribution in [0, 0.1) is 0 Å². The Bertz CT molecular complexity index is 1210. The quantitative estimate of drug-likeness (QED) is 0.194. The molecule has 3 aromatic carbocycles. The molecular weight excluding hydrogens is 508 g/mol. The van der Waals surface area contributed by atoms with Gasteiger partial charge in [-0.3, -0.25) is 14.6 Å². The predicted octanol–water partition coefficient (Wildman–Crippen LogP) is 4.61. The van der Waals surface area contributed by atoms with E-state index >= 15 is 0 Å². The molecule has 2 saturated heterocycles. The number of hydrogen-bond donors (Lipinski definition) is 0. The maximum absolute atomic E-state index is 12.3. The molecule has 0 spiro atoms. The lowest BCUT2D eigenvalue weighted by Crippen LogP contribution is -2.40. The van der Waals surface area contributed by atoms with Crippen LogP contribution in [0.3, 0.4) is 0 Å². The average molecular weight is 545 g/mol. The summed E-state index contributed by atoms with van der Waals surface area (Å²) in [5.74, 6) is -0.576. The predicted molar refractivity (Wildman–Crippen MR) is 150 cm³/mol. The highest BCUT2D eigenvalue weighted by atomic mass is 16.6. The fourth-order valence-electron chi connectivity index (χ4n) is 4.88. The Balaban J connectivity index is 0.000000224. The van der Waals surface area contributed by atoms with E-state index in [-0.39, 0.29) is 12.0 Å². The van der Waals surface area contributed by atoms with Crippen molar-refractivity contribution in [3.8, 4) is 0 Å². The van der Waals surface area contributed by atoms with E-state index in [1.807, 2.05) is 54.6 Å². The number of esters is 2. The first-order valence-electron chi connectivity index (χ1n) is 13.2. The van der Waals surface area contributed by atoms with E-state index in [1.165, 1.54) is 19.1 Å². The zero-order chi connectivity index (χ0) is 28.9. The number of ether oxygens (including phenoxy) is 3. The van der Waals surface area contributed by atoms with Crippen molar-refractivity contribution in [2.75, 3.05) is 27.3 Å². The number of hydrogen-bond acceptors (Lipinski definition) is 7. The van der Waals surface area contributed by atoms with Gasteiger partial charge in [0.15, 0.2) is 6.04 Å². The molecule has 0 N–H and O–H groups in total. The molecule has 1 amide bonds. The third-order valence-corrected chi connectivity index (χ3v) is 6.80. The monoisotopic (exact) mass is 544 g/mol. The van der Waals surface area contributed by atoms with Gasteiger partial charge in [-0.1, -0.05) is 91.0 Å². The zero-order valence-corrected chi connectivity index (χ0v) is 23.6. The van der Waals surface area contributed by atoms with Crippen molar-refractivity contribution >= 4 is 18.0 Å². The van der Waals surface area contributed by atoms with Crippen molar-refractivity contribution in [3.63, 3.8) is 0 Å². The van der Waals surface area contributed by atoms with Crippen LogP contribution in [-0.2, 0) is 29.3 Å². The van der Waals surface area contributed by atoms with Crippen LogP contribution in [0.25, 0.3) is 0 Å². The highest BCUT2D eigenvalue weighted by Crippen LogP contribution is 2.48. The fraction of sp³-hybridized carbons (Fsp3) is 0.344. The zero-order valence-electron chi connectivity index (χ0n) is 23.6. The van der Waals surface area contributed by atoms with Gasteiger partial charge in [-0.15, -0.1) is 0 Å². The molecule has 40 heavy (non-hydrogen) atoms. The minimum absolute atomic E-state index is 0.183. The van der Waals surface area contributed by atoms with Crippen LogP contribution in [0.4, 0.5) is 4.79 Å². The Hall–Kier alpha value is -4.17. The van der Waals surface area contributed by atoms with E-state index in [2.05, 4.69) is 46.0 Å². The number of benzene rings is 3. The van der Waals surface area contributed by atoms with Gasteiger partial charge in [0.2, 0.25) is 0 Å². The van der Waals surface area contributed by atoms with Gasteiger partial charge in [-0.25, -0.2) is 9.59 Å². The van der Waals surface area contributed by atoms with Gasteiger partial charge in [-0.2, -0.15) is 0 Å². The van der Waals surface area contributed by atoms with Gasteiger partial charge in [0, 0.05) is 6.54 Å². The minimum atomic E-state index is -0.527. The molecular formula is C32H36N2O6. The summed E-state index contributed by atoms with van der Waals surface area (Å²) in [5.41, 5.74) is 2.37. The van der Waals surface area contributed by atoms with Crippen LogP contribution >= 0.6 is 0 Å². The van der Waals surface area contributed by atoms with Crippen molar-refractivity contribution in [2.24, 2.45) is 0 Å². The number of carbonyl (C=O) groups is 3. The molecule has 210 valence electrons. The molecule has 3 atom stereocenters. The molecule has 0 aromatic heterocycles. The number of carbonyl (C=O) groups excluding carboxylic acids is 3. The molecule has 0 bridgehead atoms. The summed E-state index contributed by atoms with van der Waals surface area (Å²) in [6, 6.07) is 30.4.